The average Bonchev–Trinajstić information content (AvgIpc) is 2.89. The zero-order valence-corrected chi connectivity index (χ0v) is 25.0. The van der Waals surface area contributed by atoms with Gasteiger partial charge in [0.05, 0.1) is 0 Å². The average molecular weight is 499 g/mol. The minimum Gasteiger partial charge on any atom is -0.0882 e. The van der Waals surface area contributed by atoms with Crippen molar-refractivity contribution < 1.29 is 0 Å². The summed E-state index contributed by atoms with van der Waals surface area (Å²) in [6.45, 7) is 4.56. The van der Waals surface area contributed by atoms with Crippen LogP contribution in [-0.4, -0.2) is 0 Å². The fraction of sp³-hybridized carbons (Fsp3) is 0.778. The highest BCUT2D eigenvalue weighted by Gasteiger charge is 1.95. The van der Waals surface area contributed by atoms with Crippen molar-refractivity contribution in [3.8, 4) is 0 Å². The van der Waals surface area contributed by atoms with E-state index in [9.17, 15) is 0 Å². The minimum absolute atomic E-state index is 1.07. The Bertz CT molecular complexity index is 492. The lowest BCUT2D eigenvalue weighted by molar-refractivity contribution is 0.525. The van der Waals surface area contributed by atoms with E-state index >= 15 is 0 Å². The molecule has 0 N–H and O–H groups in total. The van der Waals surface area contributed by atoms with Crippen LogP contribution in [-0.2, 0) is 0 Å². The van der Waals surface area contributed by atoms with E-state index in [1.807, 2.05) is 0 Å². The third-order valence-electron chi connectivity index (χ3n) is 7.18. The van der Waals surface area contributed by atoms with Crippen molar-refractivity contribution in [3.63, 3.8) is 0 Å². The van der Waals surface area contributed by atoms with Crippen LogP contribution in [0.3, 0.4) is 0 Å². The zero-order valence-electron chi connectivity index (χ0n) is 25.0. The van der Waals surface area contributed by atoms with Crippen molar-refractivity contribution in [1.29, 1.82) is 0 Å². The van der Waals surface area contributed by atoms with Crippen molar-refractivity contribution >= 4 is 0 Å². The van der Waals surface area contributed by atoms with Gasteiger partial charge in [0.25, 0.3) is 0 Å². The molecular formula is C36H66. The second kappa shape index (κ2) is 34.0. The summed E-state index contributed by atoms with van der Waals surface area (Å²) in [5, 5.41) is 0. The van der Waals surface area contributed by atoms with Crippen LogP contribution in [0.15, 0.2) is 48.6 Å². The number of hydrogen-bond acceptors (Lipinski definition) is 0. The van der Waals surface area contributed by atoms with Crippen molar-refractivity contribution in [2.45, 2.75) is 181 Å². The minimum atomic E-state index is 1.07. The highest BCUT2D eigenvalue weighted by molar-refractivity contribution is 4.99. The molecule has 0 spiro atoms. The Hall–Kier alpha value is -1.04. The van der Waals surface area contributed by atoms with Crippen molar-refractivity contribution in [1.82, 2.24) is 0 Å². The molecule has 0 aromatic rings. The Morgan fingerprint density at radius 3 is 0.806 bits per heavy atom. The molecule has 0 aromatic heterocycles. The second-order valence-corrected chi connectivity index (χ2v) is 10.9. The van der Waals surface area contributed by atoms with Crippen LogP contribution in [0.4, 0.5) is 0 Å². The maximum Gasteiger partial charge on any atom is -0.0169 e. The summed E-state index contributed by atoms with van der Waals surface area (Å²) in [6, 6.07) is 0. The molecule has 0 aromatic carbocycles. The van der Waals surface area contributed by atoms with Crippen LogP contribution in [0.1, 0.15) is 181 Å². The van der Waals surface area contributed by atoms with Gasteiger partial charge in [0, 0.05) is 0 Å². The summed E-state index contributed by atoms with van der Waals surface area (Å²) in [5.74, 6) is 0. The van der Waals surface area contributed by atoms with Crippen LogP contribution >= 0.6 is 0 Å². The number of allylic oxidation sites excluding steroid dienone is 8. The molecule has 0 amide bonds. The molecule has 0 nitrogen and oxygen atoms in total. The predicted octanol–water partition coefficient (Wildman–Crippen LogP) is 13.4. The molecule has 0 aliphatic heterocycles. The fourth-order valence-electron chi connectivity index (χ4n) is 4.72. The molecule has 0 fully saturated rings. The maximum absolute atomic E-state index is 2.38. The van der Waals surface area contributed by atoms with Crippen LogP contribution in [0, 0.1) is 0 Å². The largest absolute Gasteiger partial charge is 0.0882 e. The molecule has 0 aliphatic carbocycles. The number of rotatable bonds is 29. The first-order valence-electron chi connectivity index (χ1n) is 16.5. The van der Waals surface area contributed by atoms with Gasteiger partial charge in [0.2, 0.25) is 0 Å². The molecule has 0 saturated heterocycles. The number of unbranched alkanes of at least 4 members (excludes halogenated alkanes) is 21. The van der Waals surface area contributed by atoms with E-state index in [1.165, 1.54) is 148 Å². The van der Waals surface area contributed by atoms with E-state index in [4.69, 9.17) is 0 Å². The zero-order chi connectivity index (χ0) is 26.0. The molecule has 0 atom stereocenters. The van der Waals surface area contributed by atoms with Gasteiger partial charge in [0.15, 0.2) is 0 Å². The van der Waals surface area contributed by atoms with Crippen LogP contribution in [0.5, 0.6) is 0 Å². The Morgan fingerprint density at radius 1 is 0.250 bits per heavy atom. The summed E-state index contributed by atoms with van der Waals surface area (Å²) in [6.07, 6.45) is 54.4. The molecule has 0 bridgehead atoms. The maximum atomic E-state index is 2.38. The summed E-state index contributed by atoms with van der Waals surface area (Å²) in [5.41, 5.74) is 0. The van der Waals surface area contributed by atoms with Crippen molar-refractivity contribution in [2.75, 3.05) is 0 Å². The lowest BCUT2D eigenvalue weighted by Crippen LogP contribution is -1.84. The Morgan fingerprint density at radius 2 is 0.472 bits per heavy atom. The summed E-state index contributed by atoms with van der Waals surface area (Å²) in [7, 11) is 0. The van der Waals surface area contributed by atoms with Crippen LogP contribution in [0.25, 0.3) is 0 Å². The summed E-state index contributed by atoms with van der Waals surface area (Å²) >= 11 is 0. The molecule has 0 saturated carbocycles. The lowest BCUT2D eigenvalue weighted by Gasteiger charge is -2.03. The highest BCUT2D eigenvalue weighted by Crippen LogP contribution is 2.14. The lowest BCUT2D eigenvalue weighted by atomic mass is 10.0. The first-order valence-corrected chi connectivity index (χ1v) is 16.5. The van der Waals surface area contributed by atoms with Crippen LogP contribution < -0.4 is 0 Å². The fourth-order valence-corrected chi connectivity index (χ4v) is 4.72. The number of hydrogen-bond donors (Lipinski definition) is 0. The Kier molecular flexibility index (Phi) is 33.0. The summed E-state index contributed by atoms with van der Waals surface area (Å²) < 4.78 is 0. The van der Waals surface area contributed by atoms with Gasteiger partial charge in [-0.15, -0.1) is 0 Å². The van der Waals surface area contributed by atoms with Gasteiger partial charge in [-0.3, -0.25) is 0 Å². The van der Waals surface area contributed by atoms with Gasteiger partial charge in [-0.1, -0.05) is 184 Å². The van der Waals surface area contributed by atoms with E-state index in [0.717, 1.165) is 19.3 Å². The summed E-state index contributed by atoms with van der Waals surface area (Å²) in [4.78, 5) is 0. The topological polar surface area (TPSA) is 0 Å². The third-order valence-corrected chi connectivity index (χ3v) is 7.18. The highest BCUT2D eigenvalue weighted by atomic mass is 14.0. The van der Waals surface area contributed by atoms with Gasteiger partial charge in [-0.25, -0.2) is 0 Å². The smallest absolute Gasteiger partial charge is 0.0169 e. The SMILES string of the molecule is CCCCC/C=C\C/C=C\C/C=C\C/C=C\CCCCCCCCCCCCCCCCCCCC. The van der Waals surface area contributed by atoms with E-state index in [2.05, 4.69) is 62.5 Å². The van der Waals surface area contributed by atoms with Gasteiger partial charge < -0.3 is 0 Å². The van der Waals surface area contributed by atoms with Gasteiger partial charge in [0.1, 0.15) is 0 Å². The molecule has 36 heavy (non-hydrogen) atoms. The molecule has 0 aliphatic rings. The van der Waals surface area contributed by atoms with E-state index in [1.54, 1.807) is 0 Å². The van der Waals surface area contributed by atoms with E-state index in [0.29, 0.717) is 0 Å². The molecule has 210 valence electrons. The van der Waals surface area contributed by atoms with E-state index < -0.39 is 0 Å². The normalized spacial score (nSPS) is 12.4. The molecule has 0 radical (unpaired) electrons. The van der Waals surface area contributed by atoms with E-state index in [-0.39, 0.29) is 0 Å². The molecular weight excluding hydrogens is 432 g/mol. The van der Waals surface area contributed by atoms with Gasteiger partial charge in [-0.2, -0.15) is 0 Å². The quantitative estimate of drug-likeness (QED) is 0.0710. The molecule has 0 heterocycles. The molecule has 0 rings (SSSR count). The van der Waals surface area contributed by atoms with Gasteiger partial charge in [-0.05, 0) is 44.9 Å². The first-order chi connectivity index (χ1) is 17.9. The molecule has 0 unspecified atom stereocenters. The molecule has 0 heteroatoms. The first kappa shape index (κ1) is 35.0. The van der Waals surface area contributed by atoms with Gasteiger partial charge >= 0.3 is 0 Å². The third kappa shape index (κ3) is 33.0. The Labute approximate surface area is 229 Å². The predicted molar refractivity (Wildman–Crippen MR) is 168 cm³/mol. The second-order valence-electron chi connectivity index (χ2n) is 10.9. The monoisotopic (exact) mass is 499 g/mol. The van der Waals surface area contributed by atoms with Crippen molar-refractivity contribution in [3.05, 3.63) is 48.6 Å². The van der Waals surface area contributed by atoms with Crippen LogP contribution in [0.2, 0.25) is 0 Å². The van der Waals surface area contributed by atoms with Crippen molar-refractivity contribution in [2.24, 2.45) is 0 Å². The standard InChI is InChI=1S/C36H66/c1-3-5-7-9-11-13-15-17-19-21-23-25-27-29-31-33-35-36-34-32-30-28-26-24-22-20-18-16-14-12-10-8-6-4-2/h11,13,17,19,23,25,29,31H,3-10,12,14-16,18,20-22,24,26-28,30,32-36H2,1-2H3/b13-11-,19-17-,25-23-,31-29-. The Balaban J connectivity index is 3.22.